The number of piperidine rings is 1. The van der Waals surface area contributed by atoms with Gasteiger partial charge in [0.05, 0.1) is 6.54 Å². The standard InChI is InChI=1S/C16H23ClN2O/c1-11-6-12(2)9-19(8-11)10-16(20)18-15-7-14(17)5-4-13(15)3/h4-5,7,11-12H,6,8-10H2,1-3H3,(H,18,20). The predicted molar refractivity (Wildman–Crippen MR) is 84.2 cm³/mol. The summed E-state index contributed by atoms with van der Waals surface area (Å²) in [7, 11) is 0. The molecule has 2 atom stereocenters. The normalized spacial score (nSPS) is 23.6. The molecule has 0 spiro atoms. The van der Waals surface area contributed by atoms with Crippen LogP contribution in [0.25, 0.3) is 0 Å². The molecule has 0 saturated carbocycles. The maximum absolute atomic E-state index is 12.2. The maximum atomic E-state index is 12.2. The van der Waals surface area contributed by atoms with E-state index in [2.05, 4.69) is 24.1 Å². The zero-order chi connectivity index (χ0) is 14.7. The lowest BCUT2D eigenvalue weighted by Crippen LogP contribution is -2.42. The molecule has 2 unspecified atom stereocenters. The Morgan fingerprint density at radius 1 is 1.35 bits per heavy atom. The van der Waals surface area contributed by atoms with Gasteiger partial charge in [-0.2, -0.15) is 0 Å². The number of halogens is 1. The van der Waals surface area contributed by atoms with E-state index in [1.165, 1.54) is 6.42 Å². The molecule has 1 N–H and O–H groups in total. The summed E-state index contributed by atoms with van der Waals surface area (Å²) in [5.41, 5.74) is 1.84. The second kappa shape index (κ2) is 6.59. The molecule has 2 rings (SSSR count). The van der Waals surface area contributed by atoms with Crippen molar-refractivity contribution in [2.45, 2.75) is 27.2 Å². The van der Waals surface area contributed by atoms with Crippen LogP contribution in [-0.2, 0) is 4.79 Å². The molecule has 0 aromatic heterocycles. The van der Waals surface area contributed by atoms with Gasteiger partial charge in [0.2, 0.25) is 5.91 Å². The van der Waals surface area contributed by atoms with Gasteiger partial charge in [-0.3, -0.25) is 9.69 Å². The minimum atomic E-state index is 0.0386. The molecule has 1 aliphatic rings. The predicted octanol–water partition coefficient (Wildman–Crippen LogP) is 3.56. The van der Waals surface area contributed by atoms with Crippen molar-refractivity contribution in [3.8, 4) is 0 Å². The Labute approximate surface area is 126 Å². The molecule has 4 heteroatoms. The molecular weight excluding hydrogens is 272 g/mol. The quantitative estimate of drug-likeness (QED) is 0.924. The van der Waals surface area contributed by atoms with E-state index in [9.17, 15) is 4.79 Å². The zero-order valence-electron chi connectivity index (χ0n) is 12.4. The molecule has 3 nitrogen and oxygen atoms in total. The van der Waals surface area contributed by atoms with Crippen LogP contribution in [0.1, 0.15) is 25.8 Å². The first-order valence-corrected chi connectivity index (χ1v) is 7.60. The number of carbonyl (C=O) groups excluding carboxylic acids is 1. The van der Waals surface area contributed by atoms with E-state index in [4.69, 9.17) is 11.6 Å². The van der Waals surface area contributed by atoms with Crippen molar-refractivity contribution >= 4 is 23.2 Å². The minimum absolute atomic E-state index is 0.0386. The Bertz CT molecular complexity index is 479. The summed E-state index contributed by atoms with van der Waals surface area (Å²) in [4.78, 5) is 14.4. The molecule has 0 aliphatic carbocycles. The second-order valence-electron chi connectivity index (χ2n) is 6.15. The van der Waals surface area contributed by atoms with Gasteiger partial charge in [-0.05, 0) is 42.9 Å². The molecule has 1 fully saturated rings. The summed E-state index contributed by atoms with van der Waals surface area (Å²) in [6, 6.07) is 5.56. The molecular formula is C16H23ClN2O. The fourth-order valence-corrected chi connectivity index (χ4v) is 3.21. The van der Waals surface area contributed by atoms with E-state index < -0.39 is 0 Å². The number of hydrogen-bond acceptors (Lipinski definition) is 2. The SMILES string of the molecule is Cc1ccc(Cl)cc1NC(=O)CN1CC(C)CC(C)C1. The molecule has 1 saturated heterocycles. The van der Waals surface area contributed by atoms with E-state index in [-0.39, 0.29) is 5.91 Å². The highest BCUT2D eigenvalue weighted by Crippen LogP contribution is 2.22. The van der Waals surface area contributed by atoms with Gasteiger partial charge in [0.25, 0.3) is 0 Å². The van der Waals surface area contributed by atoms with E-state index in [0.29, 0.717) is 23.4 Å². The molecule has 110 valence electrons. The van der Waals surface area contributed by atoms with Crippen LogP contribution < -0.4 is 5.32 Å². The van der Waals surface area contributed by atoms with Crippen molar-refractivity contribution in [1.29, 1.82) is 0 Å². The van der Waals surface area contributed by atoms with Crippen LogP contribution in [-0.4, -0.2) is 30.4 Å². The van der Waals surface area contributed by atoms with Crippen molar-refractivity contribution in [2.24, 2.45) is 11.8 Å². The maximum Gasteiger partial charge on any atom is 0.238 e. The Balaban J connectivity index is 1.93. The molecule has 0 bridgehead atoms. The van der Waals surface area contributed by atoms with E-state index in [1.807, 2.05) is 19.1 Å². The third-order valence-corrected chi connectivity index (χ3v) is 4.02. The summed E-state index contributed by atoms with van der Waals surface area (Å²) in [6.45, 7) is 8.94. The van der Waals surface area contributed by atoms with Crippen LogP contribution in [0.5, 0.6) is 0 Å². The monoisotopic (exact) mass is 294 g/mol. The molecule has 1 aromatic carbocycles. The van der Waals surface area contributed by atoms with E-state index in [0.717, 1.165) is 24.3 Å². The minimum Gasteiger partial charge on any atom is -0.325 e. The van der Waals surface area contributed by atoms with Crippen LogP contribution in [0.2, 0.25) is 5.02 Å². The lowest BCUT2D eigenvalue weighted by atomic mass is 9.92. The highest BCUT2D eigenvalue weighted by Gasteiger charge is 2.23. The van der Waals surface area contributed by atoms with Gasteiger partial charge in [-0.1, -0.05) is 31.5 Å². The first-order chi connectivity index (χ1) is 9.44. The average Bonchev–Trinajstić information content (AvgIpc) is 2.32. The summed E-state index contributed by atoms with van der Waals surface area (Å²) < 4.78 is 0. The van der Waals surface area contributed by atoms with Crippen molar-refractivity contribution in [3.63, 3.8) is 0 Å². The fourth-order valence-electron chi connectivity index (χ4n) is 3.04. The van der Waals surface area contributed by atoms with Gasteiger partial charge in [0.1, 0.15) is 0 Å². The largest absolute Gasteiger partial charge is 0.325 e. The average molecular weight is 295 g/mol. The summed E-state index contributed by atoms with van der Waals surface area (Å²) in [5.74, 6) is 1.37. The number of nitrogens with one attached hydrogen (secondary N) is 1. The van der Waals surface area contributed by atoms with Gasteiger partial charge in [0, 0.05) is 23.8 Å². The molecule has 1 amide bonds. The number of benzene rings is 1. The zero-order valence-corrected chi connectivity index (χ0v) is 13.2. The van der Waals surface area contributed by atoms with Crippen LogP contribution in [0, 0.1) is 18.8 Å². The Morgan fingerprint density at radius 3 is 2.65 bits per heavy atom. The molecule has 1 heterocycles. The van der Waals surface area contributed by atoms with Crippen molar-refractivity contribution in [3.05, 3.63) is 28.8 Å². The number of rotatable bonds is 3. The summed E-state index contributed by atoms with van der Waals surface area (Å²) in [5, 5.41) is 3.61. The smallest absolute Gasteiger partial charge is 0.238 e. The van der Waals surface area contributed by atoms with Gasteiger partial charge in [-0.15, -0.1) is 0 Å². The van der Waals surface area contributed by atoms with Crippen molar-refractivity contribution in [2.75, 3.05) is 25.0 Å². The van der Waals surface area contributed by atoms with Crippen LogP contribution in [0.3, 0.4) is 0 Å². The van der Waals surface area contributed by atoms with E-state index in [1.54, 1.807) is 6.07 Å². The highest BCUT2D eigenvalue weighted by molar-refractivity contribution is 6.31. The molecule has 1 aliphatic heterocycles. The number of carbonyl (C=O) groups is 1. The second-order valence-corrected chi connectivity index (χ2v) is 6.58. The van der Waals surface area contributed by atoms with Crippen LogP contribution >= 0.6 is 11.6 Å². The van der Waals surface area contributed by atoms with Crippen LogP contribution in [0.4, 0.5) is 5.69 Å². The third-order valence-electron chi connectivity index (χ3n) is 3.79. The molecule has 1 aromatic rings. The fraction of sp³-hybridized carbons (Fsp3) is 0.562. The number of aryl methyl sites for hydroxylation is 1. The van der Waals surface area contributed by atoms with Gasteiger partial charge in [-0.25, -0.2) is 0 Å². The Kier molecular flexibility index (Phi) is 5.06. The number of anilines is 1. The lowest BCUT2D eigenvalue weighted by Gasteiger charge is -2.34. The number of hydrogen-bond donors (Lipinski definition) is 1. The number of nitrogens with zero attached hydrogens (tertiary/aromatic N) is 1. The number of likely N-dealkylation sites (tertiary alicyclic amines) is 1. The highest BCUT2D eigenvalue weighted by atomic mass is 35.5. The summed E-state index contributed by atoms with van der Waals surface area (Å²) in [6.07, 6.45) is 1.26. The third kappa shape index (κ3) is 4.22. The Hall–Kier alpha value is -1.06. The number of amides is 1. The van der Waals surface area contributed by atoms with Gasteiger partial charge < -0.3 is 5.32 Å². The van der Waals surface area contributed by atoms with Crippen molar-refractivity contribution in [1.82, 2.24) is 4.90 Å². The van der Waals surface area contributed by atoms with Gasteiger partial charge >= 0.3 is 0 Å². The Morgan fingerprint density at radius 2 is 2.00 bits per heavy atom. The van der Waals surface area contributed by atoms with Gasteiger partial charge in [0.15, 0.2) is 0 Å². The first-order valence-electron chi connectivity index (χ1n) is 7.22. The summed E-state index contributed by atoms with van der Waals surface area (Å²) >= 11 is 5.97. The topological polar surface area (TPSA) is 32.3 Å². The van der Waals surface area contributed by atoms with E-state index >= 15 is 0 Å². The molecule has 20 heavy (non-hydrogen) atoms. The van der Waals surface area contributed by atoms with Crippen molar-refractivity contribution < 1.29 is 4.79 Å². The first kappa shape index (κ1) is 15.3. The van der Waals surface area contributed by atoms with Crippen LogP contribution in [0.15, 0.2) is 18.2 Å². The molecule has 0 radical (unpaired) electrons. The lowest BCUT2D eigenvalue weighted by molar-refractivity contribution is -0.117.